The van der Waals surface area contributed by atoms with Gasteiger partial charge in [0.2, 0.25) is 0 Å². The Labute approximate surface area is 117 Å². The molecule has 97 valence electrons. The van der Waals surface area contributed by atoms with E-state index in [2.05, 4.69) is 27.3 Å². The van der Waals surface area contributed by atoms with Crippen LogP contribution in [0.15, 0.2) is 52.1 Å². The highest BCUT2D eigenvalue weighted by Gasteiger charge is 2.07. The van der Waals surface area contributed by atoms with Gasteiger partial charge in [0.25, 0.3) is 0 Å². The smallest absolute Gasteiger partial charge is 0.165 e. The quantitative estimate of drug-likeness (QED) is 0.611. The van der Waals surface area contributed by atoms with Crippen molar-refractivity contribution < 1.29 is 13.6 Å². The molecule has 0 saturated heterocycles. The van der Waals surface area contributed by atoms with Crippen LogP contribution >= 0.6 is 15.9 Å². The molecule has 0 N–H and O–H groups in total. The molecule has 0 unspecified atom stereocenters. The van der Waals surface area contributed by atoms with E-state index in [4.69, 9.17) is 4.84 Å². The first-order chi connectivity index (χ1) is 9.16. The van der Waals surface area contributed by atoms with Crippen molar-refractivity contribution in [3.8, 4) is 0 Å². The Kier molecular flexibility index (Phi) is 4.63. The highest BCUT2D eigenvalue weighted by molar-refractivity contribution is 9.10. The molecular weight excluding hydrogens is 316 g/mol. The van der Waals surface area contributed by atoms with Gasteiger partial charge in [-0.25, -0.2) is 8.78 Å². The SMILES string of the molecule is Fc1cccc(CO/N=[C]\c2cccc(Br)c2)c1F. The Morgan fingerprint density at radius 1 is 1.16 bits per heavy atom. The fraction of sp³-hybridized carbons (Fsp3) is 0.0714. The zero-order valence-electron chi connectivity index (χ0n) is 9.74. The van der Waals surface area contributed by atoms with E-state index in [-0.39, 0.29) is 12.2 Å². The van der Waals surface area contributed by atoms with Crippen molar-refractivity contribution in [1.82, 2.24) is 0 Å². The summed E-state index contributed by atoms with van der Waals surface area (Å²) in [5, 5.41) is 3.59. The summed E-state index contributed by atoms with van der Waals surface area (Å²) in [5.41, 5.74) is 0.828. The molecule has 0 heterocycles. The van der Waals surface area contributed by atoms with Crippen molar-refractivity contribution in [2.24, 2.45) is 5.16 Å². The van der Waals surface area contributed by atoms with Crippen molar-refractivity contribution in [3.63, 3.8) is 0 Å². The fourth-order valence-corrected chi connectivity index (χ4v) is 1.80. The average Bonchev–Trinajstić information content (AvgIpc) is 2.39. The van der Waals surface area contributed by atoms with Gasteiger partial charge in [-0.2, -0.15) is 0 Å². The van der Waals surface area contributed by atoms with Gasteiger partial charge in [0, 0.05) is 15.6 Å². The highest BCUT2D eigenvalue weighted by atomic mass is 79.9. The Balaban J connectivity index is 1.95. The largest absolute Gasteiger partial charge is 0.390 e. The van der Waals surface area contributed by atoms with Crippen LogP contribution in [-0.2, 0) is 11.4 Å². The topological polar surface area (TPSA) is 21.6 Å². The van der Waals surface area contributed by atoms with E-state index in [0.717, 1.165) is 10.5 Å². The Bertz CT molecular complexity index is 602. The summed E-state index contributed by atoms with van der Waals surface area (Å²) >= 11 is 3.31. The first-order valence-corrected chi connectivity index (χ1v) is 6.22. The molecule has 0 bridgehead atoms. The molecule has 2 rings (SSSR count). The van der Waals surface area contributed by atoms with Gasteiger partial charge in [0.05, 0.1) is 0 Å². The molecule has 0 aliphatic heterocycles. The standard InChI is InChI=1S/C14H9BrF2NO/c15-12-5-1-3-10(7-12)8-18-19-9-11-4-2-6-13(16)14(11)17/h1-7H,9H2. The first-order valence-electron chi connectivity index (χ1n) is 5.43. The van der Waals surface area contributed by atoms with Crippen LogP contribution in [0.3, 0.4) is 0 Å². The van der Waals surface area contributed by atoms with Gasteiger partial charge >= 0.3 is 0 Å². The molecule has 0 atom stereocenters. The molecule has 0 aliphatic carbocycles. The average molecular weight is 325 g/mol. The molecule has 19 heavy (non-hydrogen) atoms. The summed E-state index contributed by atoms with van der Waals surface area (Å²) in [7, 11) is 0. The Morgan fingerprint density at radius 3 is 2.74 bits per heavy atom. The van der Waals surface area contributed by atoms with E-state index in [0.29, 0.717) is 5.56 Å². The van der Waals surface area contributed by atoms with Crippen molar-refractivity contribution >= 4 is 22.1 Å². The zero-order valence-corrected chi connectivity index (χ0v) is 11.3. The number of benzene rings is 2. The van der Waals surface area contributed by atoms with Crippen molar-refractivity contribution in [1.29, 1.82) is 0 Å². The van der Waals surface area contributed by atoms with Crippen LogP contribution in [0.1, 0.15) is 11.1 Å². The van der Waals surface area contributed by atoms with Crippen LogP contribution in [0.4, 0.5) is 8.78 Å². The predicted molar refractivity (Wildman–Crippen MR) is 71.8 cm³/mol. The molecular formula is C14H9BrF2NO. The van der Waals surface area contributed by atoms with Crippen LogP contribution in [-0.4, -0.2) is 6.21 Å². The number of halogens is 3. The maximum atomic E-state index is 13.3. The second kappa shape index (κ2) is 6.43. The summed E-state index contributed by atoms with van der Waals surface area (Å²) in [6, 6.07) is 11.2. The molecule has 0 aromatic heterocycles. The molecule has 0 spiro atoms. The second-order valence-corrected chi connectivity index (χ2v) is 4.62. The molecule has 5 heteroatoms. The highest BCUT2D eigenvalue weighted by Crippen LogP contribution is 2.13. The Morgan fingerprint density at radius 2 is 1.95 bits per heavy atom. The molecule has 2 aromatic rings. The molecule has 1 radical (unpaired) electrons. The van der Waals surface area contributed by atoms with Gasteiger partial charge in [0.15, 0.2) is 11.6 Å². The maximum Gasteiger partial charge on any atom is 0.165 e. The number of hydrogen-bond acceptors (Lipinski definition) is 2. The molecule has 0 fully saturated rings. The summed E-state index contributed by atoms with van der Waals surface area (Å²) in [6.45, 7) is -0.148. The van der Waals surface area contributed by atoms with Crippen molar-refractivity contribution in [2.45, 2.75) is 6.61 Å². The minimum atomic E-state index is -0.917. The van der Waals surface area contributed by atoms with Gasteiger partial charge in [-0.05, 0) is 18.2 Å². The van der Waals surface area contributed by atoms with E-state index in [1.54, 1.807) is 12.1 Å². The molecule has 0 saturated carbocycles. The lowest BCUT2D eigenvalue weighted by Gasteiger charge is -2.01. The lowest BCUT2D eigenvalue weighted by molar-refractivity contribution is 0.129. The third kappa shape index (κ3) is 3.86. The fourth-order valence-electron chi connectivity index (χ4n) is 1.40. The molecule has 0 amide bonds. The van der Waals surface area contributed by atoms with Crippen LogP contribution in [0, 0.1) is 11.6 Å². The van der Waals surface area contributed by atoms with E-state index < -0.39 is 11.6 Å². The van der Waals surface area contributed by atoms with Crippen LogP contribution in [0.25, 0.3) is 0 Å². The number of rotatable bonds is 4. The number of nitrogens with zero attached hydrogens (tertiary/aromatic N) is 1. The lowest BCUT2D eigenvalue weighted by Crippen LogP contribution is -1.95. The van der Waals surface area contributed by atoms with Crippen molar-refractivity contribution in [3.05, 3.63) is 69.7 Å². The van der Waals surface area contributed by atoms with Crippen LogP contribution in [0.2, 0.25) is 0 Å². The van der Waals surface area contributed by atoms with Crippen LogP contribution in [0.5, 0.6) is 0 Å². The maximum absolute atomic E-state index is 13.3. The lowest BCUT2D eigenvalue weighted by atomic mass is 10.2. The number of hydrogen-bond donors (Lipinski definition) is 0. The molecule has 2 nitrogen and oxygen atoms in total. The van der Waals surface area contributed by atoms with E-state index >= 15 is 0 Å². The summed E-state index contributed by atoms with van der Waals surface area (Å²) in [6.07, 6.45) is 2.65. The first kappa shape index (κ1) is 13.7. The van der Waals surface area contributed by atoms with Gasteiger partial charge in [-0.1, -0.05) is 45.4 Å². The predicted octanol–water partition coefficient (Wildman–Crippen LogP) is 4.16. The van der Waals surface area contributed by atoms with E-state index in [9.17, 15) is 8.78 Å². The van der Waals surface area contributed by atoms with E-state index in [1.165, 1.54) is 12.1 Å². The van der Waals surface area contributed by atoms with Crippen molar-refractivity contribution in [2.75, 3.05) is 0 Å². The van der Waals surface area contributed by atoms with Gasteiger partial charge in [-0.3, -0.25) is 0 Å². The van der Waals surface area contributed by atoms with Gasteiger partial charge in [-0.15, -0.1) is 0 Å². The molecule has 2 aromatic carbocycles. The van der Waals surface area contributed by atoms with E-state index in [1.807, 2.05) is 12.1 Å². The summed E-state index contributed by atoms with van der Waals surface area (Å²) in [4.78, 5) is 4.89. The van der Waals surface area contributed by atoms with Gasteiger partial charge in [0.1, 0.15) is 12.8 Å². The van der Waals surface area contributed by atoms with Crippen LogP contribution < -0.4 is 0 Å². The minimum absolute atomic E-state index is 0.111. The van der Waals surface area contributed by atoms with Gasteiger partial charge < -0.3 is 4.84 Å². The minimum Gasteiger partial charge on any atom is -0.390 e. The molecule has 0 aliphatic rings. The third-order valence-corrected chi connectivity index (χ3v) is 2.81. The third-order valence-electron chi connectivity index (χ3n) is 2.32. The Hall–Kier alpha value is -1.75. The monoisotopic (exact) mass is 324 g/mol. The zero-order chi connectivity index (χ0) is 13.7. The summed E-state index contributed by atoms with van der Waals surface area (Å²) in [5.74, 6) is -1.82. The normalized spacial score (nSPS) is 10.9. The second-order valence-electron chi connectivity index (χ2n) is 3.70. The summed E-state index contributed by atoms with van der Waals surface area (Å²) < 4.78 is 27.1.